The summed E-state index contributed by atoms with van der Waals surface area (Å²) < 4.78 is 17.2. The van der Waals surface area contributed by atoms with Crippen LogP contribution in [0, 0.1) is 13.8 Å². The number of rotatable bonds is 31. The molecule has 16 nitrogen and oxygen atoms in total. The zero-order chi connectivity index (χ0) is 52.3. The van der Waals surface area contributed by atoms with Gasteiger partial charge < -0.3 is 50.8 Å². The monoisotopic (exact) mass is 991 g/mol. The van der Waals surface area contributed by atoms with E-state index in [4.69, 9.17) is 25.7 Å². The maximum absolute atomic E-state index is 13.4. The molecule has 0 saturated carbocycles. The van der Waals surface area contributed by atoms with Crippen molar-refractivity contribution in [2.45, 2.75) is 205 Å². The second-order valence-electron chi connectivity index (χ2n) is 18.7. The molecule has 394 valence electrons. The van der Waals surface area contributed by atoms with E-state index in [1.165, 1.54) is 23.0 Å². The van der Waals surface area contributed by atoms with Crippen LogP contribution in [0.25, 0.3) is 0 Å². The maximum atomic E-state index is 13.4. The van der Waals surface area contributed by atoms with Crippen LogP contribution in [0.15, 0.2) is 61.0 Å². The van der Waals surface area contributed by atoms with Crippen LogP contribution >= 0.6 is 0 Å². The van der Waals surface area contributed by atoms with E-state index in [0.717, 1.165) is 95.5 Å². The summed E-state index contributed by atoms with van der Waals surface area (Å²) in [6.45, 7) is 7.88. The Bertz CT molecular complexity index is 2050. The molecule has 2 aromatic carbocycles. The number of aromatic hydroxyl groups is 1. The van der Waals surface area contributed by atoms with Crippen molar-refractivity contribution >= 4 is 35.6 Å². The molecule has 2 aliphatic rings. The van der Waals surface area contributed by atoms with Gasteiger partial charge in [-0.1, -0.05) is 114 Å². The third kappa shape index (κ3) is 19.8. The molecule has 0 fully saturated rings. The van der Waals surface area contributed by atoms with E-state index >= 15 is 0 Å². The average molecular weight is 991 g/mol. The quantitative estimate of drug-likeness (QED) is 0.0352. The lowest BCUT2D eigenvalue weighted by molar-refractivity contribution is -0.155. The molecule has 0 spiro atoms. The van der Waals surface area contributed by atoms with Gasteiger partial charge in [-0.15, -0.1) is 0 Å². The number of carbonyl (C=O) groups is 6. The van der Waals surface area contributed by atoms with E-state index in [0.29, 0.717) is 68.2 Å². The molecule has 0 saturated heterocycles. The van der Waals surface area contributed by atoms with Crippen LogP contribution in [0.3, 0.4) is 0 Å². The van der Waals surface area contributed by atoms with Gasteiger partial charge in [0.05, 0.1) is 18.2 Å². The number of benzene rings is 2. The number of aliphatic hydroxyl groups is 2. The summed E-state index contributed by atoms with van der Waals surface area (Å²) in [4.78, 5) is 77.6. The predicted molar refractivity (Wildman–Crippen MR) is 272 cm³/mol. The molecule has 16 heteroatoms. The Morgan fingerprint density at radius 2 is 0.958 bits per heavy atom. The number of phenolic OH excluding ortho intramolecular Hbond substituents is 1. The minimum absolute atomic E-state index is 0.113. The molecule has 0 radical (unpaired) electrons. The SMILES string of the molecule is CCCCCC[C@H](CCCCC[C@@H](O)C(N)=O)OC(=O)[C@@H]1CC=CN1C(=O)c1c(C)cccc1O.CCCCCC[C@H](CCCCC[C@@H](O)C(N)=O)OC(=O)[C@@H]1CC=CN1C(=O)c1c(C)cccc1OC. The van der Waals surface area contributed by atoms with Gasteiger partial charge in [0.15, 0.2) is 0 Å². The third-order valence-corrected chi connectivity index (χ3v) is 13.1. The van der Waals surface area contributed by atoms with Crippen LogP contribution < -0.4 is 16.2 Å². The smallest absolute Gasteiger partial charge is 0.329 e. The average Bonchev–Trinajstić information content (AvgIpc) is 4.05. The third-order valence-electron chi connectivity index (χ3n) is 13.1. The Hall–Kier alpha value is -5.74. The fourth-order valence-corrected chi connectivity index (χ4v) is 8.82. The minimum atomic E-state index is -1.12. The van der Waals surface area contributed by atoms with Crippen molar-refractivity contribution < 1.29 is 58.3 Å². The minimum Gasteiger partial charge on any atom is -0.507 e. The van der Waals surface area contributed by atoms with Gasteiger partial charge in [0.2, 0.25) is 11.8 Å². The molecular formula is C55H82N4O12. The van der Waals surface area contributed by atoms with Crippen molar-refractivity contribution in [3.63, 3.8) is 0 Å². The summed E-state index contributed by atoms with van der Waals surface area (Å²) in [5, 5.41) is 29.3. The van der Waals surface area contributed by atoms with Gasteiger partial charge in [0.1, 0.15) is 48.0 Å². The van der Waals surface area contributed by atoms with Crippen LogP contribution in [0.4, 0.5) is 0 Å². The summed E-state index contributed by atoms with van der Waals surface area (Å²) in [5.74, 6) is -2.61. The van der Waals surface area contributed by atoms with Gasteiger partial charge in [-0.2, -0.15) is 0 Å². The molecule has 2 heterocycles. The first-order valence-electron chi connectivity index (χ1n) is 25.8. The first-order chi connectivity index (χ1) is 34.1. The molecule has 0 aliphatic carbocycles. The van der Waals surface area contributed by atoms with Crippen LogP contribution in [0.5, 0.6) is 11.5 Å². The van der Waals surface area contributed by atoms with E-state index in [-0.39, 0.29) is 29.4 Å². The summed E-state index contributed by atoms with van der Waals surface area (Å²) >= 11 is 0. The van der Waals surface area contributed by atoms with E-state index in [1.54, 1.807) is 43.6 Å². The lowest BCUT2D eigenvalue weighted by atomic mass is 10.0. The summed E-state index contributed by atoms with van der Waals surface area (Å²) in [7, 11) is 1.52. The van der Waals surface area contributed by atoms with E-state index < -0.39 is 54.0 Å². The first kappa shape index (κ1) is 59.6. The number of primary amides is 2. The molecule has 2 aromatic rings. The molecule has 2 aliphatic heterocycles. The van der Waals surface area contributed by atoms with Crippen LogP contribution in [0.2, 0.25) is 0 Å². The highest BCUT2D eigenvalue weighted by Crippen LogP contribution is 2.30. The zero-order valence-corrected chi connectivity index (χ0v) is 42.9. The van der Waals surface area contributed by atoms with Gasteiger partial charge in [-0.25, -0.2) is 9.59 Å². The van der Waals surface area contributed by atoms with Gasteiger partial charge in [-0.3, -0.25) is 19.2 Å². The molecule has 4 rings (SSSR count). The molecule has 4 amide bonds. The fraction of sp³-hybridized carbons (Fsp3) is 0.600. The Balaban J connectivity index is 0.000000375. The van der Waals surface area contributed by atoms with E-state index in [9.17, 15) is 44.1 Å². The topological polar surface area (TPSA) is 249 Å². The largest absolute Gasteiger partial charge is 0.507 e. The van der Waals surface area contributed by atoms with E-state index in [1.807, 2.05) is 25.1 Å². The van der Waals surface area contributed by atoms with Gasteiger partial charge in [-0.05, 0) is 114 Å². The van der Waals surface area contributed by atoms with Gasteiger partial charge in [0.25, 0.3) is 11.8 Å². The summed E-state index contributed by atoms with van der Waals surface area (Å²) in [6.07, 6.45) is 21.5. The number of hydrogen-bond acceptors (Lipinski definition) is 12. The molecule has 71 heavy (non-hydrogen) atoms. The fourth-order valence-electron chi connectivity index (χ4n) is 8.82. The van der Waals surface area contributed by atoms with Crippen LogP contribution in [0.1, 0.15) is 187 Å². The molecule has 6 atom stereocenters. The van der Waals surface area contributed by atoms with Crippen LogP contribution in [-0.2, 0) is 28.7 Å². The second kappa shape index (κ2) is 32.3. The van der Waals surface area contributed by atoms with Crippen LogP contribution in [-0.4, -0.2) is 104 Å². The van der Waals surface area contributed by atoms with Crippen molar-refractivity contribution in [1.82, 2.24) is 9.80 Å². The Morgan fingerprint density at radius 3 is 1.35 bits per heavy atom. The number of aryl methyl sites for hydroxylation is 2. The van der Waals surface area contributed by atoms with Gasteiger partial charge in [0, 0.05) is 12.4 Å². The number of methoxy groups -OCH3 is 1. The number of nitrogens with two attached hydrogens (primary N) is 2. The lowest BCUT2D eigenvalue weighted by Crippen LogP contribution is -2.41. The number of nitrogens with zero attached hydrogens (tertiary/aromatic N) is 2. The number of aliphatic hydroxyl groups excluding tert-OH is 2. The first-order valence-corrected chi connectivity index (χ1v) is 25.8. The summed E-state index contributed by atoms with van der Waals surface area (Å²) in [6, 6.07) is 8.83. The Kier molecular flexibility index (Phi) is 27.1. The maximum Gasteiger partial charge on any atom is 0.329 e. The van der Waals surface area contributed by atoms with Crippen molar-refractivity contribution in [1.29, 1.82) is 0 Å². The number of phenols is 1. The number of esters is 2. The van der Waals surface area contributed by atoms with Crippen molar-refractivity contribution in [3.8, 4) is 11.5 Å². The number of ether oxygens (including phenoxy) is 3. The molecule has 0 bridgehead atoms. The highest BCUT2D eigenvalue weighted by Gasteiger charge is 2.37. The summed E-state index contributed by atoms with van der Waals surface area (Å²) in [5.41, 5.74) is 12.2. The lowest BCUT2D eigenvalue weighted by Gasteiger charge is -2.26. The highest BCUT2D eigenvalue weighted by atomic mass is 16.5. The Labute approximate surface area is 421 Å². The number of carbonyl (C=O) groups excluding carboxylic acids is 6. The number of unbranched alkanes of at least 4 members (excludes halogenated alkanes) is 10. The van der Waals surface area contributed by atoms with Crippen molar-refractivity contribution in [2.24, 2.45) is 11.5 Å². The number of amides is 4. The van der Waals surface area contributed by atoms with Crippen molar-refractivity contribution in [3.05, 3.63) is 83.2 Å². The second-order valence-corrected chi connectivity index (χ2v) is 18.7. The predicted octanol–water partition coefficient (Wildman–Crippen LogP) is 8.52. The van der Waals surface area contributed by atoms with E-state index in [2.05, 4.69) is 13.8 Å². The normalized spacial score (nSPS) is 16.7. The standard InChI is InChI=1S/C28H42N2O6.C27H40N2O6/c1-4-5-6-8-14-21(15-9-7-10-17-23(31)26(29)32)36-28(34)22-16-12-19-30(22)27(33)25-20(2)13-11-18-24(25)35-3;1-3-4-5-7-13-20(14-8-6-9-16-23(31)25(28)32)35-27(34)21-15-11-18-29(21)26(33)24-19(2)12-10-17-22(24)30/h11-13,18-19,21-23,31H,4-10,14-17H2,1-3H3,(H2,29,32);10-12,17-18,20-21,23,30-31H,3-9,13-16H2,1-2H3,(H2,28,32)/t21-,22+,23-;20-,21+,23-/m11/s1. The molecular weight excluding hydrogens is 909 g/mol. The Morgan fingerprint density at radius 1 is 0.577 bits per heavy atom. The molecule has 0 aromatic heterocycles. The van der Waals surface area contributed by atoms with Crippen molar-refractivity contribution in [2.75, 3.05) is 7.11 Å². The number of hydrogen-bond donors (Lipinski definition) is 5. The van der Waals surface area contributed by atoms with Gasteiger partial charge >= 0.3 is 11.9 Å². The molecule has 0 unspecified atom stereocenters. The zero-order valence-electron chi connectivity index (χ0n) is 42.9. The molecule has 7 N–H and O–H groups in total. The highest BCUT2D eigenvalue weighted by molar-refractivity contribution is 6.02.